The van der Waals surface area contributed by atoms with Crippen molar-refractivity contribution in [3.63, 3.8) is 0 Å². The predicted molar refractivity (Wildman–Crippen MR) is 87.6 cm³/mol. The molecule has 6 heteroatoms. The van der Waals surface area contributed by atoms with Crippen molar-refractivity contribution in [3.05, 3.63) is 50.6 Å². The van der Waals surface area contributed by atoms with E-state index in [1.807, 2.05) is 38.1 Å². The third kappa shape index (κ3) is 4.73. The summed E-state index contributed by atoms with van der Waals surface area (Å²) in [6.07, 6.45) is 0.294. The number of aryl methyl sites for hydroxylation is 2. The van der Waals surface area contributed by atoms with Crippen molar-refractivity contribution >= 4 is 17.2 Å². The van der Waals surface area contributed by atoms with Crippen molar-refractivity contribution in [1.82, 2.24) is 9.88 Å². The first-order chi connectivity index (χ1) is 10.6. The molecule has 0 atom stereocenters. The molecule has 1 amide bonds. The number of rotatable bonds is 7. The van der Waals surface area contributed by atoms with Gasteiger partial charge in [-0.05, 0) is 26.0 Å². The SMILES string of the molecule is Cc1ccc(OCCNC(=O)CCn2c(C)csc2=O)cc1. The van der Waals surface area contributed by atoms with Gasteiger partial charge in [-0.2, -0.15) is 0 Å². The number of thiazole rings is 1. The van der Waals surface area contributed by atoms with Crippen molar-refractivity contribution in [3.8, 4) is 5.75 Å². The number of benzene rings is 1. The number of hydrogen-bond acceptors (Lipinski definition) is 4. The van der Waals surface area contributed by atoms with Crippen LogP contribution < -0.4 is 14.9 Å². The maximum absolute atomic E-state index is 11.7. The van der Waals surface area contributed by atoms with Gasteiger partial charge < -0.3 is 14.6 Å². The number of amides is 1. The number of carbonyl (C=O) groups is 1. The largest absolute Gasteiger partial charge is 0.492 e. The standard InChI is InChI=1S/C16H20N2O3S/c1-12-3-5-14(6-4-12)21-10-8-17-15(19)7-9-18-13(2)11-22-16(18)20/h3-6,11H,7-10H2,1-2H3,(H,17,19). The Labute approximate surface area is 133 Å². The Morgan fingerprint density at radius 3 is 2.64 bits per heavy atom. The number of ether oxygens (including phenoxy) is 1. The molecule has 2 aromatic rings. The van der Waals surface area contributed by atoms with Gasteiger partial charge in [0.05, 0.1) is 6.54 Å². The average molecular weight is 320 g/mol. The zero-order chi connectivity index (χ0) is 15.9. The van der Waals surface area contributed by atoms with Crippen LogP contribution in [-0.2, 0) is 11.3 Å². The first-order valence-corrected chi connectivity index (χ1v) is 8.05. The molecule has 0 saturated carbocycles. The van der Waals surface area contributed by atoms with Gasteiger partial charge in [0.15, 0.2) is 0 Å². The highest BCUT2D eigenvalue weighted by Crippen LogP contribution is 2.10. The first kappa shape index (κ1) is 16.3. The Morgan fingerprint density at radius 1 is 1.27 bits per heavy atom. The normalized spacial score (nSPS) is 10.5. The lowest BCUT2D eigenvalue weighted by atomic mass is 10.2. The minimum absolute atomic E-state index is 0.0204. The molecule has 0 saturated heterocycles. The summed E-state index contributed by atoms with van der Waals surface area (Å²) in [6.45, 7) is 5.17. The molecule has 2 rings (SSSR count). The summed E-state index contributed by atoms with van der Waals surface area (Å²) in [6, 6.07) is 7.77. The number of aromatic nitrogens is 1. The van der Waals surface area contributed by atoms with Crippen LogP contribution in [0.3, 0.4) is 0 Å². The van der Waals surface area contributed by atoms with Crippen LogP contribution in [0.15, 0.2) is 34.4 Å². The second-order valence-corrected chi connectivity index (χ2v) is 5.88. The van der Waals surface area contributed by atoms with Gasteiger partial charge in [-0.3, -0.25) is 9.59 Å². The topological polar surface area (TPSA) is 60.3 Å². The molecular weight excluding hydrogens is 300 g/mol. The van der Waals surface area contributed by atoms with E-state index in [1.54, 1.807) is 9.95 Å². The molecule has 0 radical (unpaired) electrons. The van der Waals surface area contributed by atoms with Crippen molar-refractivity contribution in [2.75, 3.05) is 13.2 Å². The summed E-state index contributed by atoms with van der Waals surface area (Å²) in [5.41, 5.74) is 2.07. The third-order valence-electron chi connectivity index (χ3n) is 3.25. The highest BCUT2D eigenvalue weighted by Gasteiger charge is 2.06. The fourth-order valence-electron chi connectivity index (χ4n) is 1.97. The molecule has 1 heterocycles. The van der Waals surface area contributed by atoms with E-state index in [0.29, 0.717) is 26.1 Å². The predicted octanol–water partition coefficient (Wildman–Crippen LogP) is 2.11. The van der Waals surface area contributed by atoms with Gasteiger partial charge in [-0.1, -0.05) is 29.0 Å². The van der Waals surface area contributed by atoms with Crippen LogP contribution in [0.5, 0.6) is 5.75 Å². The van der Waals surface area contributed by atoms with Crippen LogP contribution in [0.4, 0.5) is 0 Å². The summed E-state index contributed by atoms with van der Waals surface area (Å²) >= 11 is 1.16. The molecule has 1 aromatic heterocycles. The minimum Gasteiger partial charge on any atom is -0.492 e. The first-order valence-electron chi connectivity index (χ1n) is 7.17. The van der Waals surface area contributed by atoms with Crippen LogP contribution in [0.2, 0.25) is 0 Å². The Morgan fingerprint density at radius 2 is 2.00 bits per heavy atom. The van der Waals surface area contributed by atoms with E-state index in [4.69, 9.17) is 4.74 Å². The quantitative estimate of drug-likeness (QED) is 0.795. The monoisotopic (exact) mass is 320 g/mol. The summed E-state index contributed by atoms with van der Waals surface area (Å²) in [7, 11) is 0. The van der Waals surface area contributed by atoms with Crippen molar-refractivity contribution in [2.45, 2.75) is 26.8 Å². The van der Waals surface area contributed by atoms with E-state index >= 15 is 0 Å². The number of carbonyl (C=O) groups excluding carboxylic acids is 1. The van der Waals surface area contributed by atoms with Gasteiger partial charge in [0.2, 0.25) is 5.91 Å². The second kappa shape index (κ2) is 7.79. The Bertz CT molecular complexity index is 673. The van der Waals surface area contributed by atoms with Crippen molar-refractivity contribution in [1.29, 1.82) is 0 Å². The van der Waals surface area contributed by atoms with Gasteiger partial charge in [0.25, 0.3) is 0 Å². The molecule has 5 nitrogen and oxygen atoms in total. The average Bonchev–Trinajstić information content (AvgIpc) is 2.82. The Hall–Kier alpha value is -2.08. The molecule has 1 aromatic carbocycles. The summed E-state index contributed by atoms with van der Waals surface area (Å²) in [5.74, 6) is 0.713. The van der Waals surface area contributed by atoms with Gasteiger partial charge in [-0.25, -0.2) is 0 Å². The zero-order valence-corrected chi connectivity index (χ0v) is 13.6. The fraction of sp³-hybridized carbons (Fsp3) is 0.375. The van der Waals surface area contributed by atoms with Gasteiger partial charge >= 0.3 is 4.87 Å². The lowest BCUT2D eigenvalue weighted by Crippen LogP contribution is -2.29. The smallest absolute Gasteiger partial charge is 0.307 e. The van der Waals surface area contributed by atoms with E-state index in [2.05, 4.69) is 5.32 Å². The fourth-order valence-corrected chi connectivity index (χ4v) is 2.73. The van der Waals surface area contributed by atoms with Gasteiger partial charge in [0.1, 0.15) is 12.4 Å². The lowest BCUT2D eigenvalue weighted by molar-refractivity contribution is -0.121. The minimum atomic E-state index is -0.0787. The maximum Gasteiger partial charge on any atom is 0.307 e. The van der Waals surface area contributed by atoms with E-state index in [-0.39, 0.29) is 10.8 Å². The third-order valence-corrected chi connectivity index (χ3v) is 4.13. The Kier molecular flexibility index (Phi) is 5.77. The molecule has 0 spiro atoms. The highest BCUT2D eigenvalue weighted by atomic mass is 32.1. The summed E-state index contributed by atoms with van der Waals surface area (Å²) in [5, 5.41) is 4.59. The summed E-state index contributed by atoms with van der Waals surface area (Å²) in [4.78, 5) is 23.2. The molecule has 0 aliphatic heterocycles. The van der Waals surface area contributed by atoms with E-state index in [0.717, 1.165) is 22.8 Å². The van der Waals surface area contributed by atoms with E-state index in [1.165, 1.54) is 5.56 Å². The number of hydrogen-bond donors (Lipinski definition) is 1. The van der Waals surface area contributed by atoms with Crippen molar-refractivity contribution < 1.29 is 9.53 Å². The molecular formula is C16H20N2O3S. The maximum atomic E-state index is 11.7. The molecule has 22 heavy (non-hydrogen) atoms. The number of nitrogens with zero attached hydrogens (tertiary/aromatic N) is 1. The zero-order valence-electron chi connectivity index (χ0n) is 12.8. The molecule has 0 aliphatic carbocycles. The van der Waals surface area contributed by atoms with Crippen molar-refractivity contribution in [2.24, 2.45) is 0 Å². The number of nitrogens with one attached hydrogen (secondary N) is 1. The van der Waals surface area contributed by atoms with Crippen LogP contribution in [0.1, 0.15) is 17.7 Å². The Balaban J connectivity index is 1.66. The molecule has 0 fully saturated rings. The molecule has 1 N–H and O–H groups in total. The van der Waals surface area contributed by atoms with Crippen LogP contribution >= 0.6 is 11.3 Å². The van der Waals surface area contributed by atoms with Gasteiger partial charge in [0, 0.05) is 24.0 Å². The highest BCUT2D eigenvalue weighted by molar-refractivity contribution is 7.07. The molecule has 0 aliphatic rings. The van der Waals surface area contributed by atoms with E-state index < -0.39 is 0 Å². The summed E-state index contributed by atoms with van der Waals surface area (Å²) < 4.78 is 7.15. The van der Waals surface area contributed by atoms with Crippen LogP contribution in [0.25, 0.3) is 0 Å². The van der Waals surface area contributed by atoms with Crippen LogP contribution in [0, 0.1) is 13.8 Å². The second-order valence-electron chi connectivity index (χ2n) is 5.06. The molecule has 0 bridgehead atoms. The van der Waals surface area contributed by atoms with Crippen LogP contribution in [-0.4, -0.2) is 23.6 Å². The van der Waals surface area contributed by atoms with Gasteiger partial charge in [-0.15, -0.1) is 0 Å². The molecule has 0 unspecified atom stereocenters. The lowest BCUT2D eigenvalue weighted by Gasteiger charge is -2.08. The molecule has 118 valence electrons. The van der Waals surface area contributed by atoms with E-state index in [9.17, 15) is 9.59 Å².